The Morgan fingerprint density at radius 1 is 0.653 bits per heavy atom. The molecule has 0 bridgehead atoms. The van der Waals surface area contributed by atoms with Gasteiger partial charge in [0.2, 0.25) is 0 Å². The largest absolute Gasteiger partial charge is 0.465 e. The molecule has 1 unspecified atom stereocenters. The normalized spacial score (nSPS) is 52.0. The first-order chi connectivity index (χ1) is 35.9. The second-order valence-electron chi connectivity index (χ2n) is 28.7. The Hall–Kier alpha value is -1.97. The van der Waals surface area contributed by atoms with Crippen molar-refractivity contribution < 1.29 is 56.9 Å². The van der Waals surface area contributed by atoms with Gasteiger partial charge in [0.05, 0.1) is 77.7 Å². The van der Waals surface area contributed by atoms with E-state index in [1.165, 1.54) is 16.7 Å². The Balaban J connectivity index is 0.769. The standard InChI is InChI=1S/C63H88O12/c1-35-12-15-59(72-33-35)37(3)52-50(74-59)27-46-43-11-10-42-25-39-24-41(45(54(64)65-9)26-40(39)29-55(42,5)48(43)31-62(57(46,52)7)68-20-21-69-62)30-56(6)49-32-63(70-22-23-71-63)58(8)47(44(49)14-17-61(56)66-18-19-67-61)28-51-53(58)38(4)60(75-51)16-13-36(2)34-73-60/h24,26-27,35-38,42-44,47-53H,10-23,25,28-34H2,1-9H3/t35-,36-,37-,38+,42-,43-,44+,47+,48-,49+,50-,51+,52-,53+,55-,56-,57-,58+,59?,60+/m0/s1. The van der Waals surface area contributed by atoms with Crippen LogP contribution < -0.4 is 0 Å². The van der Waals surface area contributed by atoms with Crippen molar-refractivity contribution in [3.8, 4) is 0 Å². The van der Waals surface area contributed by atoms with E-state index < -0.39 is 34.4 Å². The molecule has 0 aromatic heterocycles. The van der Waals surface area contributed by atoms with Gasteiger partial charge in [-0.2, -0.15) is 0 Å². The Morgan fingerprint density at radius 3 is 1.93 bits per heavy atom. The molecule has 15 rings (SSSR count). The monoisotopic (exact) mass is 1040 g/mol. The molecule has 0 radical (unpaired) electrons. The van der Waals surface area contributed by atoms with Crippen LogP contribution in [0.3, 0.4) is 0 Å². The lowest BCUT2D eigenvalue weighted by Gasteiger charge is -2.65. The number of methoxy groups -OCH3 is 1. The van der Waals surface area contributed by atoms with Crippen LogP contribution in [-0.2, 0) is 71.4 Å². The first kappa shape index (κ1) is 50.0. The van der Waals surface area contributed by atoms with Crippen molar-refractivity contribution in [2.45, 2.75) is 186 Å². The minimum atomic E-state index is -0.800. The molecule has 0 amide bonds. The van der Waals surface area contributed by atoms with E-state index >= 15 is 0 Å². The Labute approximate surface area is 446 Å². The van der Waals surface area contributed by atoms with Crippen molar-refractivity contribution in [2.75, 3.05) is 60.0 Å². The van der Waals surface area contributed by atoms with Crippen LogP contribution in [0.2, 0.25) is 0 Å². The molecule has 7 aliphatic heterocycles. The maximum atomic E-state index is 14.5. The summed E-state index contributed by atoms with van der Waals surface area (Å²) in [4.78, 5) is 14.5. The van der Waals surface area contributed by atoms with Gasteiger partial charge in [-0.3, -0.25) is 0 Å². The van der Waals surface area contributed by atoms with Gasteiger partial charge in [0.25, 0.3) is 0 Å². The lowest BCUT2D eigenvalue weighted by molar-refractivity contribution is -0.346. The third-order valence-corrected chi connectivity index (χ3v) is 26.0. The van der Waals surface area contributed by atoms with Gasteiger partial charge in [-0.15, -0.1) is 0 Å². The van der Waals surface area contributed by atoms with Crippen LogP contribution in [-0.4, -0.2) is 107 Å². The number of benzene rings is 1. The highest BCUT2D eigenvalue weighted by Crippen LogP contribution is 2.77. The molecule has 1 aromatic rings. The average Bonchev–Trinajstić information content (AvgIpc) is 4.35. The minimum Gasteiger partial charge on any atom is -0.465 e. The van der Waals surface area contributed by atoms with E-state index in [4.69, 9.17) is 52.1 Å². The first-order valence-corrected chi connectivity index (χ1v) is 30.3. The maximum Gasteiger partial charge on any atom is 0.338 e. The fourth-order valence-electron chi connectivity index (χ4n) is 22.2. The third kappa shape index (κ3) is 6.29. The lowest BCUT2D eigenvalue weighted by Crippen LogP contribution is -2.68. The van der Waals surface area contributed by atoms with Gasteiger partial charge in [0.1, 0.15) is 0 Å². The van der Waals surface area contributed by atoms with Crippen LogP contribution in [0.15, 0.2) is 23.8 Å². The molecule has 12 nitrogen and oxygen atoms in total. The summed E-state index contributed by atoms with van der Waals surface area (Å²) in [7, 11) is 1.54. The van der Waals surface area contributed by atoms with E-state index in [0.29, 0.717) is 93.1 Å². The summed E-state index contributed by atoms with van der Waals surface area (Å²) in [6.07, 6.45) is 16.0. The van der Waals surface area contributed by atoms with Crippen molar-refractivity contribution in [1.82, 2.24) is 0 Å². The van der Waals surface area contributed by atoms with Gasteiger partial charge in [0, 0.05) is 72.0 Å². The van der Waals surface area contributed by atoms with Gasteiger partial charge in [-0.1, -0.05) is 73.1 Å². The first-order valence-electron chi connectivity index (χ1n) is 30.3. The molecule has 12 heteroatoms. The van der Waals surface area contributed by atoms with Crippen molar-refractivity contribution in [3.05, 3.63) is 46.0 Å². The third-order valence-electron chi connectivity index (χ3n) is 26.0. The highest BCUT2D eigenvalue weighted by molar-refractivity contribution is 5.91. The fraction of sp³-hybridized carbons (Fsp3) is 0.857. The van der Waals surface area contributed by atoms with Gasteiger partial charge in [-0.05, 0) is 133 Å². The summed E-state index contributed by atoms with van der Waals surface area (Å²) in [5.41, 5.74) is 4.78. The summed E-state index contributed by atoms with van der Waals surface area (Å²) in [5.74, 6) is 0.444. The molecule has 7 heterocycles. The van der Waals surface area contributed by atoms with Crippen LogP contribution in [0.25, 0.3) is 0 Å². The molecule has 7 saturated heterocycles. The molecule has 5 spiro atoms. The van der Waals surface area contributed by atoms with Crippen molar-refractivity contribution >= 4 is 5.97 Å². The smallest absolute Gasteiger partial charge is 0.338 e. The fourth-order valence-corrected chi connectivity index (χ4v) is 22.2. The van der Waals surface area contributed by atoms with E-state index in [9.17, 15) is 4.79 Å². The quantitative estimate of drug-likeness (QED) is 0.212. The van der Waals surface area contributed by atoms with Crippen molar-refractivity contribution in [2.24, 2.45) is 92.7 Å². The Kier molecular flexibility index (Phi) is 11.1. The predicted octanol–water partition coefficient (Wildman–Crippen LogP) is 10.4. The summed E-state index contributed by atoms with van der Waals surface area (Å²) >= 11 is 0. The minimum absolute atomic E-state index is 0.0126. The zero-order valence-corrected chi connectivity index (χ0v) is 46.8. The number of hydrogen-bond acceptors (Lipinski definition) is 12. The van der Waals surface area contributed by atoms with Crippen LogP contribution in [0.5, 0.6) is 0 Å². The topological polar surface area (TPSA) is 119 Å². The molecule has 1 aromatic carbocycles. The van der Waals surface area contributed by atoms with E-state index in [1.807, 2.05) is 0 Å². The number of esters is 1. The van der Waals surface area contributed by atoms with Gasteiger partial charge in [0.15, 0.2) is 28.9 Å². The number of carbonyl (C=O) groups excluding carboxylic acids is 1. The zero-order valence-electron chi connectivity index (χ0n) is 46.8. The van der Waals surface area contributed by atoms with E-state index in [-0.39, 0.29) is 64.0 Å². The van der Waals surface area contributed by atoms with Crippen LogP contribution in [0, 0.1) is 92.7 Å². The number of fused-ring (bicyclic) bond motifs is 15. The molecule has 20 atom stereocenters. The molecular formula is C63H88O12. The average molecular weight is 1040 g/mol. The molecule has 14 aliphatic rings. The molecular weight excluding hydrogens is 949 g/mol. The van der Waals surface area contributed by atoms with Crippen LogP contribution in [0.1, 0.15) is 153 Å². The maximum absolute atomic E-state index is 14.5. The summed E-state index contributed by atoms with van der Waals surface area (Å²) < 4.78 is 76.1. The second-order valence-corrected chi connectivity index (χ2v) is 28.7. The molecule has 5 saturated carbocycles. The van der Waals surface area contributed by atoms with Crippen LogP contribution >= 0.6 is 0 Å². The number of carbonyl (C=O) groups is 1. The highest BCUT2D eigenvalue weighted by atomic mass is 16.8. The van der Waals surface area contributed by atoms with Gasteiger partial charge >= 0.3 is 5.97 Å². The van der Waals surface area contributed by atoms with Gasteiger partial charge < -0.3 is 52.1 Å². The molecule has 7 aliphatic carbocycles. The zero-order chi connectivity index (χ0) is 51.5. The van der Waals surface area contributed by atoms with E-state index in [0.717, 1.165) is 102 Å². The predicted molar refractivity (Wildman–Crippen MR) is 276 cm³/mol. The number of ether oxygens (including phenoxy) is 11. The molecule has 412 valence electrons. The SMILES string of the molecule is COC(=O)c1cc2c(cc1C[C@@]1(C)[C@@H]3CC4(OCCO4)[C@@]4(C)[C@@H]5[C@@H](C)[C@@]6(CC[C@H](C)CO6)O[C@@H]5C[C@@H]4[C@H]3CCC13OCCO3)C[C@@H]1CC[C@H]3C4=C[C@@H]5OC6(CC[C@H](C)CO6)[C@@H](C)[C@@H]5[C@@]4(C)C4(C[C@@H]3[C@@]1(C)C2)OCCO4. The van der Waals surface area contributed by atoms with Gasteiger partial charge in [-0.25, -0.2) is 4.79 Å². The van der Waals surface area contributed by atoms with Crippen LogP contribution in [0.4, 0.5) is 0 Å². The van der Waals surface area contributed by atoms with Crippen molar-refractivity contribution in [1.29, 1.82) is 0 Å². The van der Waals surface area contributed by atoms with Crippen molar-refractivity contribution in [3.63, 3.8) is 0 Å². The number of hydrogen-bond donors (Lipinski definition) is 0. The molecule has 0 N–H and O–H groups in total. The molecule has 75 heavy (non-hydrogen) atoms. The second kappa shape index (κ2) is 16.6. The van der Waals surface area contributed by atoms with E-state index in [1.54, 1.807) is 7.11 Å². The highest BCUT2D eigenvalue weighted by Gasteiger charge is 2.79. The molecule has 12 fully saturated rings. The lowest BCUT2D eigenvalue weighted by atomic mass is 9.43. The summed E-state index contributed by atoms with van der Waals surface area (Å²) in [6.45, 7) is 24.4. The van der Waals surface area contributed by atoms with E-state index in [2.05, 4.69) is 73.6 Å². The Bertz CT molecular complexity index is 2510. The number of rotatable bonds is 3. The Morgan fingerprint density at radius 2 is 1.28 bits per heavy atom. The summed E-state index contributed by atoms with van der Waals surface area (Å²) in [6, 6.07) is 4.68. The summed E-state index contributed by atoms with van der Waals surface area (Å²) in [5, 5.41) is 0.